The zero-order chi connectivity index (χ0) is 16.2. The van der Waals surface area contributed by atoms with Gasteiger partial charge in [-0.25, -0.2) is 0 Å². The number of nitrogens with zero attached hydrogens (tertiary/aromatic N) is 2. The molecule has 2 aliphatic rings. The number of hydrogen-bond donors (Lipinski definition) is 2. The summed E-state index contributed by atoms with van der Waals surface area (Å²) >= 11 is 0. The van der Waals surface area contributed by atoms with Gasteiger partial charge in [0.05, 0.1) is 6.10 Å². The van der Waals surface area contributed by atoms with E-state index in [1.807, 2.05) is 13.1 Å². The van der Waals surface area contributed by atoms with Gasteiger partial charge in [-0.15, -0.1) is 0 Å². The summed E-state index contributed by atoms with van der Waals surface area (Å²) in [6.07, 6.45) is 10.1. The summed E-state index contributed by atoms with van der Waals surface area (Å²) in [4.78, 5) is 14.3. The highest BCUT2D eigenvalue weighted by atomic mass is 16.3. The average molecular weight is 319 g/mol. The molecular formula is C18H29N3O2. The van der Waals surface area contributed by atoms with Gasteiger partial charge in [0.1, 0.15) is 5.69 Å². The van der Waals surface area contributed by atoms with Gasteiger partial charge in [0.15, 0.2) is 0 Å². The maximum absolute atomic E-state index is 12.6. The van der Waals surface area contributed by atoms with E-state index in [9.17, 15) is 9.90 Å². The van der Waals surface area contributed by atoms with E-state index in [0.29, 0.717) is 18.2 Å². The Kier molecular flexibility index (Phi) is 5.36. The van der Waals surface area contributed by atoms with Crippen LogP contribution in [0.1, 0.15) is 79.9 Å². The Labute approximate surface area is 138 Å². The van der Waals surface area contributed by atoms with Gasteiger partial charge in [-0.05, 0) is 31.7 Å². The molecule has 0 aromatic carbocycles. The summed E-state index contributed by atoms with van der Waals surface area (Å²) in [5, 5.41) is 17.4. The molecule has 23 heavy (non-hydrogen) atoms. The van der Waals surface area contributed by atoms with Crippen molar-refractivity contribution in [2.45, 2.75) is 69.8 Å². The third-order valence-corrected chi connectivity index (χ3v) is 5.59. The van der Waals surface area contributed by atoms with E-state index in [1.54, 1.807) is 4.90 Å². The van der Waals surface area contributed by atoms with Crippen LogP contribution in [0.4, 0.5) is 0 Å². The minimum Gasteiger partial charge on any atom is -0.393 e. The van der Waals surface area contributed by atoms with Crippen LogP contribution in [0.15, 0.2) is 6.07 Å². The van der Waals surface area contributed by atoms with Crippen LogP contribution in [0, 0.1) is 5.92 Å². The SMILES string of the molecule is CN(CC1CCCCC1O)C(=O)c1cc(C2CCCCC2)[nH]n1. The van der Waals surface area contributed by atoms with E-state index in [-0.39, 0.29) is 17.9 Å². The van der Waals surface area contributed by atoms with E-state index >= 15 is 0 Å². The Bertz CT molecular complexity index is 522. The topological polar surface area (TPSA) is 69.2 Å². The molecule has 1 heterocycles. The second-order valence-corrected chi connectivity index (χ2v) is 7.34. The second kappa shape index (κ2) is 7.47. The van der Waals surface area contributed by atoms with Crippen molar-refractivity contribution in [3.05, 3.63) is 17.5 Å². The largest absolute Gasteiger partial charge is 0.393 e. The van der Waals surface area contributed by atoms with Crippen LogP contribution in [0.5, 0.6) is 0 Å². The number of aromatic amines is 1. The van der Waals surface area contributed by atoms with Crippen LogP contribution < -0.4 is 0 Å². The van der Waals surface area contributed by atoms with Crippen LogP contribution >= 0.6 is 0 Å². The lowest BCUT2D eigenvalue weighted by atomic mass is 9.86. The molecule has 128 valence electrons. The lowest BCUT2D eigenvalue weighted by Gasteiger charge is -2.30. The second-order valence-electron chi connectivity index (χ2n) is 7.34. The molecule has 3 rings (SSSR count). The molecule has 2 saturated carbocycles. The van der Waals surface area contributed by atoms with Crippen molar-refractivity contribution in [3.8, 4) is 0 Å². The first-order chi connectivity index (χ1) is 11.1. The van der Waals surface area contributed by atoms with Crippen molar-refractivity contribution in [2.24, 2.45) is 5.92 Å². The smallest absolute Gasteiger partial charge is 0.274 e. The van der Waals surface area contributed by atoms with E-state index in [2.05, 4.69) is 10.2 Å². The first kappa shape index (κ1) is 16.5. The zero-order valence-electron chi connectivity index (χ0n) is 14.1. The molecule has 2 aliphatic carbocycles. The van der Waals surface area contributed by atoms with Crippen molar-refractivity contribution in [3.63, 3.8) is 0 Å². The standard InChI is InChI=1S/C18H29N3O2/c1-21(12-14-9-5-6-10-17(14)22)18(23)16-11-15(19-20-16)13-7-3-2-4-8-13/h11,13-14,17,22H,2-10,12H2,1H3,(H,19,20). The molecule has 0 radical (unpaired) electrons. The molecule has 1 amide bonds. The van der Waals surface area contributed by atoms with Gasteiger partial charge in [0, 0.05) is 31.1 Å². The molecule has 2 N–H and O–H groups in total. The zero-order valence-corrected chi connectivity index (χ0v) is 14.1. The Morgan fingerprint density at radius 2 is 1.91 bits per heavy atom. The number of H-pyrrole nitrogens is 1. The van der Waals surface area contributed by atoms with Crippen molar-refractivity contribution < 1.29 is 9.90 Å². The summed E-state index contributed by atoms with van der Waals surface area (Å²) in [7, 11) is 1.82. The molecule has 0 bridgehead atoms. The lowest BCUT2D eigenvalue weighted by molar-refractivity contribution is 0.0448. The Balaban J connectivity index is 1.59. The summed E-state index contributed by atoms with van der Waals surface area (Å²) in [6, 6.07) is 1.94. The predicted octanol–water partition coefficient (Wildman–Crippen LogP) is 3.08. The fourth-order valence-electron chi connectivity index (χ4n) is 4.10. The van der Waals surface area contributed by atoms with Crippen LogP contribution in [-0.2, 0) is 0 Å². The average Bonchev–Trinajstić information content (AvgIpc) is 3.07. The maximum atomic E-state index is 12.6. The van der Waals surface area contributed by atoms with Crippen molar-refractivity contribution >= 4 is 5.91 Å². The quantitative estimate of drug-likeness (QED) is 0.896. The molecule has 5 nitrogen and oxygen atoms in total. The fraction of sp³-hybridized carbons (Fsp3) is 0.778. The maximum Gasteiger partial charge on any atom is 0.274 e. The molecule has 2 unspecified atom stereocenters. The summed E-state index contributed by atoms with van der Waals surface area (Å²) in [5.74, 6) is 0.693. The molecule has 0 saturated heterocycles. The molecule has 1 aromatic heterocycles. The Hall–Kier alpha value is -1.36. The number of carbonyl (C=O) groups excluding carboxylic acids is 1. The fourth-order valence-corrected chi connectivity index (χ4v) is 4.10. The van der Waals surface area contributed by atoms with Crippen LogP contribution in [0.2, 0.25) is 0 Å². The number of aliphatic hydroxyl groups excluding tert-OH is 1. The number of amides is 1. The number of aliphatic hydroxyl groups is 1. The number of rotatable bonds is 4. The molecule has 0 spiro atoms. The minimum atomic E-state index is -0.268. The van der Waals surface area contributed by atoms with Gasteiger partial charge in [-0.3, -0.25) is 9.89 Å². The highest BCUT2D eigenvalue weighted by Gasteiger charge is 2.27. The molecule has 1 aromatic rings. The Morgan fingerprint density at radius 3 is 2.65 bits per heavy atom. The van der Waals surface area contributed by atoms with E-state index in [4.69, 9.17) is 0 Å². The van der Waals surface area contributed by atoms with E-state index in [0.717, 1.165) is 31.4 Å². The molecular weight excluding hydrogens is 290 g/mol. The lowest BCUT2D eigenvalue weighted by Crippen LogP contribution is -2.38. The van der Waals surface area contributed by atoms with Crippen molar-refractivity contribution in [1.29, 1.82) is 0 Å². The first-order valence-corrected chi connectivity index (χ1v) is 9.14. The first-order valence-electron chi connectivity index (χ1n) is 9.14. The predicted molar refractivity (Wildman–Crippen MR) is 89.3 cm³/mol. The summed E-state index contributed by atoms with van der Waals surface area (Å²) in [5.41, 5.74) is 1.62. The number of hydrogen-bond acceptors (Lipinski definition) is 3. The van der Waals surface area contributed by atoms with Gasteiger partial charge in [-0.2, -0.15) is 5.10 Å². The van der Waals surface area contributed by atoms with Gasteiger partial charge in [0.2, 0.25) is 0 Å². The number of nitrogens with one attached hydrogen (secondary N) is 1. The third kappa shape index (κ3) is 3.94. The highest BCUT2D eigenvalue weighted by Crippen LogP contribution is 2.32. The normalized spacial score (nSPS) is 26.2. The minimum absolute atomic E-state index is 0.0407. The van der Waals surface area contributed by atoms with Crippen LogP contribution in [0.25, 0.3) is 0 Å². The van der Waals surface area contributed by atoms with Crippen molar-refractivity contribution in [2.75, 3.05) is 13.6 Å². The van der Waals surface area contributed by atoms with Gasteiger partial charge in [-0.1, -0.05) is 32.1 Å². The van der Waals surface area contributed by atoms with E-state index < -0.39 is 0 Å². The van der Waals surface area contributed by atoms with Gasteiger partial charge in [0.25, 0.3) is 5.91 Å². The molecule has 2 atom stereocenters. The Morgan fingerprint density at radius 1 is 1.22 bits per heavy atom. The number of carbonyl (C=O) groups is 1. The molecule has 2 fully saturated rings. The summed E-state index contributed by atoms with van der Waals surface area (Å²) < 4.78 is 0. The molecule has 0 aliphatic heterocycles. The number of aromatic nitrogens is 2. The van der Waals surface area contributed by atoms with Gasteiger partial charge < -0.3 is 10.0 Å². The summed E-state index contributed by atoms with van der Waals surface area (Å²) in [6.45, 7) is 0.617. The molecule has 5 heteroatoms. The highest BCUT2D eigenvalue weighted by molar-refractivity contribution is 5.92. The third-order valence-electron chi connectivity index (χ3n) is 5.59. The van der Waals surface area contributed by atoms with Crippen LogP contribution in [-0.4, -0.2) is 45.8 Å². The van der Waals surface area contributed by atoms with E-state index in [1.165, 1.54) is 32.1 Å². The monoisotopic (exact) mass is 319 g/mol. The van der Waals surface area contributed by atoms with Crippen LogP contribution in [0.3, 0.4) is 0 Å². The van der Waals surface area contributed by atoms with Gasteiger partial charge >= 0.3 is 0 Å². The van der Waals surface area contributed by atoms with Crippen molar-refractivity contribution in [1.82, 2.24) is 15.1 Å².